The summed E-state index contributed by atoms with van der Waals surface area (Å²) in [4.78, 5) is 15.4. The maximum absolute atomic E-state index is 12.3. The number of amides is 2. The molecule has 5 heteroatoms. The lowest BCUT2D eigenvalue weighted by Crippen LogP contribution is -2.45. The van der Waals surface area contributed by atoms with Crippen LogP contribution in [0.3, 0.4) is 0 Å². The Labute approximate surface area is 137 Å². The monoisotopic (exact) mass is 322 g/mol. The summed E-state index contributed by atoms with van der Waals surface area (Å²) in [6.45, 7) is 5.85. The molecule has 0 radical (unpaired) electrons. The number of benzene rings is 1. The molecule has 0 saturated carbocycles. The van der Waals surface area contributed by atoms with Crippen molar-refractivity contribution in [2.24, 2.45) is 5.92 Å². The van der Waals surface area contributed by atoms with E-state index >= 15 is 0 Å². The largest absolute Gasteiger partial charge is 0.396 e. The lowest BCUT2D eigenvalue weighted by Gasteiger charge is -2.32. The van der Waals surface area contributed by atoms with Gasteiger partial charge in [0.05, 0.1) is 6.04 Å². The van der Waals surface area contributed by atoms with E-state index in [2.05, 4.69) is 36.5 Å². The number of aliphatic hydroxyl groups excluding tert-OH is 1. The lowest BCUT2D eigenvalue weighted by atomic mass is 9.98. The van der Waals surface area contributed by atoms with Gasteiger partial charge < -0.3 is 15.3 Å². The zero-order valence-electron chi connectivity index (χ0n) is 13.4. The van der Waals surface area contributed by atoms with Gasteiger partial charge in [-0.3, -0.25) is 0 Å². The molecule has 0 aromatic heterocycles. The first-order valence-electron chi connectivity index (χ1n) is 8.03. The van der Waals surface area contributed by atoms with Crippen LogP contribution in [0.5, 0.6) is 0 Å². The summed E-state index contributed by atoms with van der Waals surface area (Å²) < 4.78 is 0. The number of piperidine rings is 1. The molecular formula is C17H26N2O2S. The number of aliphatic hydroxyl groups is 1. The number of carbonyl (C=O) groups is 1. The summed E-state index contributed by atoms with van der Waals surface area (Å²) >= 11 is 1.82. The van der Waals surface area contributed by atoms with E-state index in [1.807, 2.05) is 23.6 Å². The first-order valence-corrected chi connectivity index (χ1v) is 9.01. The Kier molecular flexibility index (Phi) is 6.58. The second-order valence-corrected chi connectivity index (χ2v) is 7.12. The van der Waals surface area contributed by atoms with Crippen LogP contribution < -0.4 is 5.32 Å². The van der Waals surface area contributed by atoms with Crippen LogP contribution in [0.25, 0.3) is 0 Å². The summed E-state index contributed by atoms with van der Waals surface area (Å²) in [5.41, 5.74) is 1.12. The van der Waals surface area contributed by atoms with Crippen LogP contribution in [0.4, 0.5) is 4.79 Å². The molecule has 2 amide bonds. The highest BCUT2D eigenvalue weighted by molar-refractivity contribution is 7.99. The highest BCUT2D eigenvalue weighted by atomic mass is 32.2. The molecule has 0 bridgehead atoms. The van der Waals surface area contributed by atoms with Gasteiger partial charge in [0, 0.05) is 24.6 Å². The van der Waals surface area contributed by atoms with Gasteiger partial charge in [0.1, 0.15) is 0 Å². The number of thioether (sulfide) groups is 1. The average molecular weight is 322 g/mol. The van der Waals surface area contributed by atoms with Crippen molar-refractivity contribution in [3.8, 4) is 0 Å². The third-order valence-corrected chi connectivity index (χ3v) is 5.09. The summed E-state index contributed by atoms with van der Waals surface area (Å²) in [5, 5.41) is 12.2. The van der Waals surface area contributed by atoms with Crippen LogP contribution in [-0.4, -0.2) is 41.5 Å². The van der Waals surface area contributed by atoms with Gasteiger partial charge in [-0.2, -0.15) is 0 Å². The minimum absolute atomic E-state index is 0.00346. The Hall–Kier alpha value is -1.20. The molecule has 122 valence electrons. The Balaban J connectivity index is 1.85. The number of nitrogens with zero attached hydrogens (tertiary/aromatic N) is 1. The highest BCUT2D eigenvalue weighted by Crippen LogP contribution is 2.21. The van der Waals surface area contributed by atoms with Crippen molar-refractivity contribution in [2.45, 2.75) is 37.6 Å². The van der Waals surface area contributed by atoms with E-state index in [-0.39, 0.29) is 18.7 Å². The maximum Gasteiger partial charge on any atom is 0.317 e. The Bertz CT molecular complexity index is 470. The summed E-state index contributed by atoms with van der Waals surface area (Å²) in [6.07, 6.45) is 1.78. The third-order valence-electron chi connectivity index (χ3n) is 4.19. The molecule has 1 fully saturated rings. The average Bonchev–Trinajstić information content (AvgIpc) is 2.55. The molecular weight excluding hydrogens is 296 g/mol. The second kappa shape index (κ2) is 8.44. The van der Waals surface area contributed by atoms with Crippen molar-refractivity contribution in [3.05, 3.63) is 29.8 Å². The standard InChI is InChI=1S/C17H26N2O2S/c1-3-22-16-6-4-15(5-7-16)13(2)18-17(21)19-10-8-14(12-20)9-11-19/h4-7,13-14,20H,3,8-12H2,1-2H3,(H,18,21)/t13-/m0/s1. The fourth-order valence-electron chi connectivity index (χ4n) is 2.70. The van der Waals surface area contributed by atoms with Gasteiger partial charge in [-0.15, -0.1) is 11.8 Å². The number of hydrogen-bond acceptors (Lipinski definition) is 3. The number of urea groups is 1. The Morgan fingerprint density at radius 1 is 1.36 bits per heavy atom. The quantitative estimate of drug-likeness (QED) is 0.818. The summed E-state index contributed by atoms with van der Waals surface area (Å²) in [5.74, 6) is 1.42. The van der Waals surface area contributed by atoms with Gasteiger partial charge >= 0.3 is 6.03 Å². The van der Waals surface area contributed by atoms with Crippen LogP contribution in [0, 0.1) is 5.92 Å². The minimum atomic E-state index is -0.00380. The molecule has 1 aliphatic heterocycles. The molecule has 1 aromatic rings. The predicted molar refractivity (Wildman–Crippen MR) is 91.2 cm³/mol. The fraction of sp³-hybridized carbons (Fsp3) is 0.588. The molecule has 0 spiro atoms. The lowest BCUT2D eigenvalue weighted by molar-refractivity contribution is 0.136. The predicted octanol–water partition coefficient (Wildman–Crippen LogP) is 3.27. The Morgan fingerprint density at radius 3 is 2.55 bits per heavy atom. The molecule has 1 aromatic carbocycles. The van der Waals surface area contributed by atoms with Gasteiger partial charge in [0.25, 0.3) is 0 Å². The van der Waals surface area contributed by atoms with E-state index in [0.29, 0.717) is 5.92 Å². The number of carbonyl (C=O) groups excluding carboxylic acids is 1. The van der Waals surface area contributed by atoms with Gasteiger partial charge in [-0.1, -0.05) is 19.1 Å². The van der Waals surface area contributed by atoms with Crippen LogP contribution in [0.15, 0.2) is 29.2 Å². The van der Waals surface area contributed by atoms with E-state index in [1.165, 1.54) is 4.90 Å². The molecule has 4 nitrogen and oxygen atoms in total. The van der Waals surface area contributed by atoms with Crippen molar-refractivity contribution < 1.29 is 9.90 Å². The molecule has 22 heavy (non-hydrogen) atoms. The molecule has 0 unspecified atom stereocenters. The molecule has 1 heterocycles. The normalized spacial score (nSPS) is 17.3. The molecule has 1 saturated heterocycles. The van der Waals surface area contributed by atoms with E-state index in [0.717, 1.165) is 37.2 Å². The van der Waals surface area contributed by atoms with Gasteiger partial charge in [-0.05, 0) is 49.1 Å². The topological polar surface area (TPSA) is 52.6 Å². The van der Waals surface area contributed by atoms with E-state index < -0.39 is 0 Å². The van der Waals surface area contributed by atoms with Crippen LogP contribution >= 0.6 is 11.8 Å². The molecule has 2 N–H and O–H groups in total. The zero-order valence-corrected chi connectivity index (χ0v) is 14.2. The van der Waals surface area contributed by atoms with Gasteiger partial charge in [0.15, 0.2) is 0 Å². The van der Waals surface area contributed by atoms with E-state index in [4.69, 9.17) is 5.11 Å². The first kappa shape index (κ1) is 17.2. The molecule has 0 aliphatic carbocycles. The second-order valence-electron chi connectivity index (χ2n) is 5.79. The van der Waals surface area contributed by atoms with Crippen molar-refractivity contribution in [1.82, 2.24) is 10.2 Å². The van der Waals surface area contributed by atoms with Gasteiger partial charge in [-0.25, -0.2) is 4.79 Å². The summed E-state index contributed by atoms with van der Waals surface area (Å²) in [7, 11) is 0. The highest BCUT2D eigenvalue weighted by Gasteiger charge is 2.23. The van der Waals surface area contributed by atoms with E-state index in [9.17, 15) is 4.79 Å². The zero-order chi connectivity index (χ0) is 15.9. The van der Waals surface area contributed by atoms with E-state index in [1.54, 1.807) is 0 Å². The van der Waals surface area contributed by atoms with Crippen molar-refractivity contribution in [2.75, 3.05) is 25.4 Å². The number of hydrogen-bond donors (Lipinski definition) is 2. The van der Waals surface area contributed by atoms with Crippen LogP contribution in [-0.2, 0) is 0 Å². The van der Waals surface area contributed by atoms with Crippen LogP contribution in [0.1, 0.15) is 38.3 Å². The Morgan fingerprint density at radius 2 is 2.00 bits per heavy atom. The smallest absolute Gasteiger partial charge is 0.317 e. The molecule has 1 aliphatic rings. The van der Waals surface area contributed by atoms with Crippen molar-refractivity contribution in [3.63, 3.8) is 0 Å². The molecule has 1 atom stereocenters. The van der Waals surface area contributed by atoms with Gasteiger partial charge in [0.2, 0.25) is 0 Å². The SMILES string of the molecule is CCSc1ccc([C@H](C)NC(=O)N2CCC(CO)CC2)cc1. The first-order chi connectivity index (χ1) is 10.6. The molecule has 2 rings (SSSR count). The maximum atomic E-state index is 12.3. The fourth-order valence-corrected chi connectivity index (χ4v) is 3.36. The van der Waals surface area contributed by atoms with Crippen molar-refractivity contribution in [1.29, 1.82) is 0 Å². The minimum Gasteiger partial charge on any atom is -0.396 e. The number of likely N-dealkylation sites (tertiary alicyclic amines) is 1. The van der Waals surface area contributed by atoms with Crippen LogP contribution in [0.2, 0.25) is 0 Å². The summed E-state index contributed by atoms with van der Waals surface area (Å²) in [6, 6.07) is 8.39. The number of rotatable bonds is 5. The number of nitrogens with one attached hydrogen (secondary N) is 1. The van der Waals surface area contributed by atoms with Crippen molar-refractivity contribution >= 4 is 17.8 Å². The third kappa shape index (κ3) is 4.65.